The Morgan fingerprint density at radius 2 is 1.94 bits per heavy atom. The van der Waals surface area contributed by atoms with Gasteiger partial charge in [-0.2, -0.15) is 9.78 Å². The number of aromatic nitrogens is 2. The SMILES string of the molecule is CCCC(Oc1cnn(C(F)(F)F)c1)c1ccc(C(=O)NCCCC(CC)O[N+](=O)[O-])cc1. The first-order chi connectivity index (χ1) is 15.6. The molecule has 12 heteroatoms. The van der Waals surface area contributed by atoms with Crippen LogP contribution in [0.4, 0.5) is 13.2 Å². The smallest absolute Gasteiger partial charge is 0.482 e. The van der Waals surface area contributed by atoms with Crippen LogP contribution in [0.1, 0.15) is 68.0 Å². The maximum Gasteiger partial charge on any atom is 0.504 e. The van der Waals surface area contributed by atoms with Gasteiger partial charge in [0.25, 0.3) is 11.0 Å². The molecule has 0 fully saturated rings. The Morgan fingerprint density at radius 1 is 1.24 bits per heavy atom. The normalized spacial score (nSPS) is 13.2. The molecular formula is C21H27F3N4O5. The quantitative estimate of drug-likeness (QED) is 0.255. The molecule has 0 bridgehead atoms. The van der Waals surface area contributed by atoms with Gasteiger partial charge >= 0.3 is 6.30 Å². The molecule has 0 radical (unpaired) electrons. The molecule has 1 N–H and O–H groups in total. The molecule has 0 aliphatic carbocycles. The van der Waals surface area contributed by atoms with Crippen LogP contribution in [0.25, 0.3) is 0 Å². The molecule has 1 aromatic carbocycles. The van der Waals surface area contributed by atoms with Gasteiger partial charge in [0.15, 0.2) is 5.75 Å². The summed E-state index contributed by atoms with van der Waals surface area (Å²) in [5.41, 5.74) is 1.13. The van der Waals surface area contributed by atoms with Crippen molar-refractivity contribution in [2.45, 2.75) is 64.5 Å². The monoisotopic (exact) mass is 472 g/mol. The molecule has 0 aliphatic heterocycles. The predicted octanol–water partition coefficient (Wildman–Crippen LogP) is 4.78. The lowest BCUT2D eigenvalue weighted by Gasteiger charge is -2.18. The summed E-state index contributed by atoms with van der Waals surface area (Å²) in [5, 5.41) is 15.6. The van der Waals surface area contributed by atoms with Crippen molar-refractivity contribution in [3.05, 3.63) is 57.9 Å². The zero-order chi connectivity index (χ0) is 24.4. The summed E-state index contributed by atoms with van der Waals surface area (Å²) >= 11 is 0. The van der Waals surface area contributed by atoms with Crippen LogP contribution in [0, 0.1) is 10.1 Å². The molecule has 2 aromatic rings. The van der Waals surface area contributed by atoms with E-state index in [1.165, 1.54) is 0 Å². The van der Waals surface area contributed by atoms with Crippen molar-refractivity contribution in [1.82, 2.24) is 15.1 Å². The highest BCUT2D eigenvalue weighted by Gasteiger charge is 2.32. The van der Waals surface area contributed by atoms with Gasteiger partial charge < -0.3 is 14.9 Å². The van der Waals surface area contributed by atoms with Crippen molar-refractivity contribution in [2.24, 2.45) is 0 Å². The van der Waals surface area contributed by atoms with E-state index in [1.807, 2.05) is 6.92 Å². The summed E-state index contributed by atoms with van der Waals surface area (Å²) < 4.78 is 43.8. The van der Waals surface area contributed by atoms with E-state index in [0.29, 0.717) is 37.8 Å². The number of carbonyl (C=O) groups excluding carboxylic acids is 1. The Labute approximate surface area is 189 Å². The second-order valence-electron chi connectivity index (χ2n) is 7.36. The second-order valence-corrected chi connectivity index (χ2v) is 7.36. The molecule has 0 saturated carbocycles. The molecule has 33 heavy (non-hydrogen) atoms. The van der Waals surface area contributed by atoms with Gasteiger partial charge in [0, 0.05) is 12.1 Å². The van der Waals surface area contributed by atoms with Crippen molar-refractivity contribution < 1.29 is 32.6 Å². The fraction of sp³-hybridized carbons (Fsp3) is 0.524. The lowest BCUT2D eigenvalue weighted by Crippen LogP contribution is -2.26. The summed E-state index contributed by atoms with van der Waals surface area (Å²) in [6, 6.07) is 6.62. The van der Waals surface area contributed by atoms with Crippen molar-refractivity contribution in [3.63, 3.8) is 0 Å². The highest BCUT2D eigenvalue weighted by Crippen LogP contribution is 2.29. The van der Waals surface area contributed by atoms with Gasteiger partial charge in [0.05, 0.1) is 12.4 Å². The Kier molecular flexibility index (Phi) is 9.49. The Morgan fingerprint density at radius 3 is 2.48 bits per heavy atom. The fourth-order valence-corrected chi connectivity index (χ4v) is 3.16. The first-order valence-corrected chi connectivity index (χ1v) is 10.6. The summed E-state index contributed by atoms with van der Waals surface area (Å²) in [6.45, 7) is 4.05. The Hall–Kier alpha value is -3.31. The van der Waals surface area contributed by atoms with Crippen molar-refractivity contribution in [3.8, 4) is 5.75 Å². The lowest BCUT2D eigenvalue weighted by molar-refractivity contribution is -0.768. The summed E-state index contributed by atoms with van der Waals surface area (Å²) in [7, 11) is 0. The molecule has 1 amide bonds. The minimum absolute atomic E-state index is 0.000892. The molecule has 2 rings (SSSR count). The van der Waals surface area contributed by atoms with Gasteiger partial charge in [-0.25, -0.2) is 0 Å². The van der Waals surface area contributed by atoms with Crippen LogP contribution in [0.2, 0.25) is 0 Å². The zero-order valence-electron chi connectivity index (χ0n) is 18.4. The molecule has 0 aliphatic rings. The standard InChI is InChI=1S/C21H27F3N4O5/c1-3-6-19(32-18-13-26-27(14-18)21(22,23)24)15-8-10-16(11-9-15)20(29)25-12-5-7-17(4-2)33-28(30)31/h8-11,13-14,17,19H,3-7,12H2,1-2H3,(H,25,29). The predicted molar refractivity (Wildman–Crippen MR) is 112 cm³/mol. The van der Waals surface area contributed by atoms with E-state index >= 15 is 0 Å². The van der Waals surface area contributed by atoms with Crippen LogP contribution < -0.4 is 10.1 Å². The highest BCUT2D eigenvalue weighted by atomic mass is 19.4. The van der Waals surface area contributed by atoms with E-state index in [2.05, 4.69) is 15.3 Å². The van der Waals surface area contributed by atoms with Crippen LogP contribution in [0.5, 0.6) is 5.75 Å². The Balaban J connectivity index is 1.92. The van der Waals surface area contributed by atoms with Crippen LogP contribution >= 0.6 is 0 Å². The molecule has 9 nitrogen and oxygen atoms in total. The average molecular weight is 472 g/mol. The molecule has 1 heterocycles. The second kappa shape index (κ2) is 12.1. The van der Waals surface area contributed by atoms with E-state index in [9.17, 15) is 28.1 Å². The van der Waals surface area contributed by atoms with Crippen LogP contribution in [0.15, 0.2) is 36.7 Å². The number of alkyl halides is 3. The maximum atomic E-state index is 12.7. The first kappa shape index (κ1) is 25.9. The van der Waals surface area contributed by atoms with Gasteiger partial charge in [0.2, 0.25) is 0 Å². The molecule has 2 unspecified atom stereocenters. The van der Waals surface area contributed by atoms with E-state index < -0.39 is 23.6 Å². The van der Waals surface area contributed by atoms with Gasteiger partial charge in [-0.05, 0) is 43.4 Å². The number of carbonyl (C=O) groups is 1. The van der Waals surface area contributed by atoms with Crippen molar-refractivity contribution in [1.29, 1.82) is 0 Å². The summed E-state index contributed by atoms with van der Waals surface area (Å²) in [4.78, 5) is 27.3. The largest absolute Gasteiger partial charge is 0.504 e. The van der Waals surface area contributed by atoms with Gasteiger partial charge in [0.1, 0.15) is 12.2 Å². The van der Waals surface area contributed by atoms with Gasteiger partial charge in [-0.3, -0.25) is 4.79 Å². The number of benzene rings is 1. The molecular weight excluding hydrogens is 445 g/mol. The Bertz CT molecular complexity index is 902. The zero-order valence-corrected chi connectivity index (χ0v) is 18.4. The number of hydrogen-bond acceptors (Lipinski definition) is 6. The van der Waals surface area contributed by atoms with Crippen molar-refractivity contribution in [2.75, 3.05) is 6.54 Å². The third kappa shape index (κ3) is 8.28. The summed E-state index contributed by atoms with van der Waals surface area (Å²) in [5.74, 6) is -0.303. The third-order valence-electron chi connectivity index (χ3n) is 4.87. The molecule has 0 spiro atoms. The molecule has 2 atom stereocenters. The van der Waals surface area contributed by atoms with Crippen molar-refractivity contribution >= 4 is 5.91 Å². The number of nitrogens with zero attached hydrogens (tertiary/aromatic N) is 3. The van der Waals surface area contributed by atoms with E-state index in [1.54, 1.807) is 31.2 Å². The van der Waals surface area contributed by atoms with E-state index in [-0.39, 0.29) is 16.3 Å². The number of amides is 1. The van der Waals surface area contributed by atoms with Crippen LogP contribution in [-0.4, -0.2) is 33.4 Å². The van der Waals surface area contributed by atoms with Gasteiger partial charge in [-0.1, -0.05) is 32.4 Å². The summed E-state index contributed by atoms with van der Waals surface area (Å²) in [6.07, 6.45) is -1.07. The lowest BCUT2D eigenvalue weighted by atomic mass is 10.0. The number of halogens is 3. The first-order valence-electron chi connectivity index (χ1n) is 10.6. The van der Waals surface area contributed by atoms with Crippen LogP contribution in [0.3, 0.4) is 0 Å². The van der Waals surface area contributed by atoms with Gasteiger partial charge in [-0.15, -0.1) is 23.3 Å². The van der Waals surface area contributed by atoms with E-state index in [4.69, 9.17) is 4.74 Å². The number of nitrogens with one attached hydrogen (secondary N) is 1. The number of ether oxygens (including phenoxy) is 1. The molecule has 0 saturated heterocycles. The van der Waals surface area contributed by atoms with Crippen LogP contribution in [-0.2, 0) is 11.1 Å². The molecule has 182 valence electrons. The maximum absolute atomic E-state index is 12.7. The van der Waals surface area contributed by atoms with E-state index in [0.717, 1.165) is 24.4 Å². The number of hydrogen-bond donors (Lipinski definition) is 1. The highest BCUT2D eigenvalue weighted by molar-refractivity contribution is 5.94. The molecule has 1 aromatic heterocycles. The third-order valence-corrected chi connectivity index (χ3v) is 4.87. The minimum atomic E-state index is -4.62. The number of rotatable bonds is 13. The average Bonchev–Trinajstić information content (AvgIpc) is 3.24. The minimum Gasteiger partial charge on any atom is -0.482 e. The fourth-order valence-electron chi connectivity index (χ4n) is 3.16. The topological polar surface area (TPSA) is 109 Å².